The number of nitrogens with one attached hydrogen (secondary N) is 2. The number of likely N-dealkylation sites (tertiary alicyclic amines) is 1. The largest absolute Gasteiger partial charge is 0.481 e. The fourth-order valence-corrected chi connectivity index (χ4v) is 6.19. The van der Waals surface area contributed by atoms with Crippen molar-refractivity contribution >= 4 is 28.8 Å². The van der Waals surface area contributed by atoms with Gasteiger partial charge in [-0.25, -0.2) is 0 Å². The van der Waals surface area contributed by atoms with Crippen LogP contribution in [0.4, 0.5) is 0 Å². The van der Waals surface area contributed by atoms with Crippen molar-refractivity contribution in [2.75, 3.05) is 26.2 Å². The fraction of sp³-hybridized carbons (Fsp3) is 0.593. The predicted molar refractivity (Wildman–Crippen MR) is 134 cm³/mol. The van der Waals surface area contributed by atoms with Crippen molar-refractivity contribution in [2.45, 2.75) is 63.5 Å². The maximum atomic E-state index is 13.9. The Bertz CT molecular complexity index is 1130. The molecule has 4 atom stereocenters. The summed E-state index contributed by atoms with van der Waals surface area (Å²) in [6, 6.07) is 8.05. The van der Waals surface area contributed by atoms with Gasteiger partial charge in [-0.05, 0) is 56.9 Å². The van der Waals surface area contributed by atoms with Crippen LogP contribution in [0.3, 0.4) is 0 Å². The Balaban J connectivity index is 1.27. The Morgan fingerprint density at radius 1 is 1.25 bits per heavy atom. The molecular weight excluding hydrogens is 460 g/mol. The third-order valence-corrected chi connectivity index (χ3v) is 8.42. The Morgan fingerprint density at radius 3 is 2.86 bits per heavy atom. The second kappa shape index (κ2) is 10.2. The van der Waals surface area contributed by atoms with E-state index < -0.39 is 11.5 Å². The lowest BCUT2D eigenvalue weighted by atomic mass is 9.78. The predicted octanol–water partition coefficient (Wildman–Crippen LogP) is 2.55. The number of furan rings is 1. The molecule has 1 aromatic carbocycles. The maximum absolute atomic E-state index is 13.9. The summed E-state index contributed by atoms with van der Waals surface area (Å²) in [4.78, 5) is 41.9. The van der Waals surface area contributed by atoms with Crippen molar-refractivity contribution in [1.29, 1.82) is 0 Å². The molecule has 0 spiro atoms. The molecule has 36 heavy (non-hydrogen) atoms. The van der Waals surface area contributed by atoms with Crippen LogP contribution in [-0.4, -0.2) is 70.4 Å². The summed E-state index contributed by atoms with van der Waals surface area (Å²) < 4.78 is 5.59. The van der Waals surface area contributed by atoms with Crippen molar-refractivity contribution < 1.29 is 23.9 Å². The third kappa shape index (κ3) is 4.86. The van der Waals surface area contributed by atoms with Gasteiger partial charge in [-0.15, -0.1) is 0 Å². The third-order valence-electron chi connectivity index (χ3n) is 8.42. The van der Waals surface area contributed by atoms with Gasteiger partial charge in [0, 0.05) is 49.6 Å². The van der Waals surface area contributed by atoms with E-state index >= 15 is 0 Å². The Labute approximate surface area is 211 Å². The summed E-state index contributed by atoms with van der Waals surface area (Å²) in [5.74, 6) is -0.0191. The zero-order valence-corrected chi connectivity index (χ0v) is 20.9. The van der Waals surface area contributed by atoms with Crippen LogP contribution < -0.4 is 10.9 Å². The molecule has 2 saturated heterocycles. The first-order valence-electron chi connectivity index (χ1n) is 13.1. The Hall–Kier alpha value is -2.91. The molecule has 3 aliphatic rings. The average Bonchev–Trinajstić information content (AvgIpc) is 3.48. The SMILES string of the molecule is CC1(C(=O)N(CCCC(=O)O)CC2CCC3CNNC3C2)CCN1C(=O)Cc1coc2ccccc12. The van der Waals surface area contributed by atoms with Crippen LogP contribution in [0.1, 0.15) is 51.0 Å². The fourth-order valence-electron chi connectivity index (χ4n) is 6.19. The first-order valence-corrected chi connectivity index (χ1v) is 13.1. The van der Waals surface area contributed by atoms with Crippen LogP contribution in [0.2, 0.25) is 0 Å². The van der Waals surface area contributed by atoms with Gasteiger partial charge < -0.3 is 19.3 Å². The van der Waals surface area contributed by atoms with E-state index in [4.69, 9.17) is 9.52 Å². The molecule has 9 heteroatoms. The molecule has 3 heterocycles. The summed E-state index contributed by atoms with van der Waals surface area (Å²) in [7, 11) is 0. The molecule has 1 saturated carbocycles. The zero-order valence-electron chi connectivity index (χ0n) is 20.9. The molecule has 0 bridgehead atoms. The van der Waals surface area contributed by atoms with Crippen LogP contribution in [0.15, 0.2) is 34.9 Å². The topological polar surface area (TPSA) is 115 Å². The van der Waals surface area contributed by atoms with Gasteiger partial charge in [-0.2, -0.15) is 0 Å². The van der Waals surface area contributed by atoms with E-state index in [0.717, 1.165) is 42.3 Å². The smallest absolute Gasteiger partial charge is 0.303 e. The molecule has 5 rings (SSSR count). The highest BCUT2D eigenvalue weighted by Crippen LogP contribution is 2.36. The Kier molecular flexibility index (Phi) is 7.03. The lowest BCUT2D eigenvalue weighted by Gasteiger charge is -2.51. The van der Waals surface area contributed by atoms with E-state index in [9.17, 15) is 14.4 Å². The normalized spacial score (nSPS) is 27.5. The number of carboxylic acid groups (broad SMARTS) is 1. The van der Waals surface area contributed by atoms with Crippen molar-refractivity contribution in [2.24, 2.45) is 11.8 Å². The molecular formula is C27H36N4O5. The molecule has 2 amide bonds. The van der Waals surface area contributed by atoms with Gasteiger partial charge in [0.1, 0.15) is 11.1 Å². The molecule has 2 aromatic rings. The molecule has 0 radical (unpaired) electrons. The number of carboxylic acids is 1. The highest BCUT2D eigenvalue weighted by molar-refractivity contribution is 5.95. The van der Waals surface area contributed by atoms with Gasteiger partial charge in [-0.3, -0.25) is 25.2 Å². The number of hydrogen-bond donors (Lipinski definition) is 3. The number of carbonyl (C=O) groups excluding carboxylic acids is 2. The number of amides is 2. The molecule has 1 aromatic heterocycles. The van der Waals surface area contributed by atoms with Gasteiger partial charge in [0.2, 0.25) is 11.8 Å². The summed E-state index contributed by atoms with van der Waals surface area (Å²) in [5, 5.41) is 10.1. The van der Waals surface area contributed by atoms with Crippen LogP contribution in [0.25, 0.3) is 11.0 Å². The van der Waals surface area contributed by atoms with Crippen LogP contribution >= 0.6 is 0 Å². The highest BCUT2D eigenvalue weighted by Gasteiger charge is 2.51. The van der Waals surface area contributed by atoms with Crippen LogP contribution in [0.5, 0.6) is 0 Å². The van der Waals surface area contributed by atoms with E-state index in [0.29, 0.717) is 50.4 Å². The number of rotatable bonds is 9. The van der Waals surface area contributed by atoms with Gasteiger partial charge in [0.25, 0.3) is 0 Å². The van der Waals surface area contributed by atoms with Crippen molar-refractivity contribution in [3.63, 3.8) is 0 Å². The summed E-state index contributed by atoms with van der Waals surface area (Å²) in [6.07, 6.45) is 6.02. The lowest BCUT2D eigenvalue weighted by molar-refractivity contribution is -0.164. The number of nitrogens with zero attached hydrogens (tertiary/aromatic N) is 2. The van der Waals surface area contributed by atoms with Crippen molar-refractivity contribution in [3.05, 3.63) is 36.1 Å². The first kappa shape index (κ1) is 24.8. The van der Waals surface area contributed by atoms with Gasteiger partial charge >= 0.3 is 5.97 Å². The minimum Gasteiger partial charge on any atom is -0.481 e. The number of hydrazine groups is 1. The summed E-state index contributed by atoms with van der Waals surface area (Å²) >= 11 is 0. The number of para-hydroxylation sites is 1. The molecule has 194 valence electrons. The minimum atomic E-state index is -0.899. The summed E-state index contributed by atoms with van der Waals surface area (Å²) in [6.45, 7) is 4.38. The van der Waals surface area contributed by atoms with Gasteiger partial charge in [0.05, 0.1) is 12.7 Å². The first-order chi connectivity index (χ1) is 17.3. The van der Waals surface area contributed by atoms with E-state index in [1.54, 1.807) is 11.2 Å². The number of aliphatic carboxylic acids is 1. The molecule has 2 aliphatic heterocycles. The molecule has 3 fully saturated rings. The lowest BCUT2D eigenvalue weighted by Crippen LogP contribution is -2.68. The van der Waals surface area contributed by atoms with E-state index in [1.807, 2.05) is 36.1 Å². The number of hydrogen-bond acceptors (Lipinski definition) is 6. The number of benzene rings is 1. The highest BCUT2D eigenvalue weighted by atomic mass is 16.4. The van der Waals surface area contributed by atoms with Crippen molar-refractivity contribution in [3.8, 4) is 0 Å². The number of carbonyl (C=O) groups is 3. The standard InChI is InChI=1S/C27H36N4O5/c1-27(10-12-31(27)24(32)14-20-17-36-23-6-3-2-5-21(20)23)26(35)30(11-4-7-25(33)34)16-18-8-9-19-15-28-29-22(19)13-18/h2-3,5-6,17-19,22,28-29H,4,7-16H2,1H3,(H,33,34). The number of fused-ring (bicyclic) bond motifs is 2. The van der Waals surface area contributed by atoms with E-state index in [1.165, 1.54) is 0 Å². The average molecular weight is 497 g/mol. The monoisotopic (exact) mass is 496 g/mol. The van der Waals surface area contributed by atoms with E-state index in [-0.39, 0.29) is 24.7 Å². The molecule has 4 unspecified atom stereocenters. The van der Waals surface area contributed by atoms with Crippen molar-refractivity contribution in [1.82, 2.24) is 20.7 Å². The quantitative estimate of drug-likeness (QED) is 0.489. The zero-order chi connectivity index (χ0) is 25.3. The molecule has 3 N–H and O–H groups in total. The Morgan fingerprint density at radius 2 is 2.08 bits per heavy atom. The van der Waals surface area contributed by atoms with Crippen LogP contribution in [0, 0.1) is 11.8 Å². The van der Waals surface area contributed by atoms with Gasteiger partial charge in [0.15, 0.2) is 0 Å². The minimum absolute atomic E-state index is 0.0253. The summed E-state index contributed by atoms with van der Waals surface area (Å²) in [5.41, 5.74) is 7.29. The van der Waals surface area contributed by atoms with Crippen LogP contribution in [-0.2, 0) is 20.8 Å². The molecule has 1 aliphatic carbocycles. The second-order valence-electron chi connectivity index (χ2n) is 10.8. The van der Waals surface area contributed by atoms with Gasteiger partial charge in [-0.1, -0.05) is 18.2 Å². The van der Waals surface area contributed by atoms with E-state index in [2.05, 4.69) is 10.9 Å². The second-order valence-corrected chi connectivity index (χ2v) is 10.8. The molecule has 9 nitrogen and oxygen atoms in total. The maximum Gasteiger partial charge on any atom is 0.303 e.